The van der Waals surface area contributed by atoms with E-state index in [0.717, 1.165) is 12.1 Å². The maximum Gasteiger partial charge on any atom is 0.335 e. The van der Waals surface area contributed by atoms with Gasteiger partial charge in [0.2, 0.25) is 5.88 Å². The monoisotopic (exact) mass is 671 g/mol. The molecule has 11 nitrogen and oxygen atoms in total. The Morgan fingerprint density at radius 1 is 1.10 bits per heavy atom. The summed E-state index contributed by atoms with van der Waals surface area (Å²) in [5.74, 6) is -1.24. The molecule has 14 heteroatoms. The van der Waals surface area contributed by atoms with Crippen LogP contribution in [0.1, 0.15) is 47.2 Å². The Labute approximate surface area is 277 Å². The van der Waals surface area contributed by atoms with Crippen molar-refractivity contribution in [1.29, 1.82) is 0 Å². The summed E-state index contributed by atoms with van der Waals surface area (Å²) in [5.41, 5.74) is 1.77. The lowest BCUT2D eigenvalue weighted by atomic mass is 9.87. The first-order chi connectivity index (χ1) is 23.1. The summed E-state index contributed by atoms with van der Waals surface area (Å²) in [6.45, 7) is 4.99. The average Bonchev–Trinajstić information content (AvgIpc) is 3.80. The van der Waals surface area contributed by atoms with Crippen LogP contribution in [0.15, 0.2) is 73.2 Å². The van der Waals surface area contributed by atoms with Gasteiger partial charge in [0.05, 0.1) is 59.0 Å². The second kappa shape index (κ2) is 12.4. The van der Waals surface area contributed by atoms with Crippen LogP contribution in [0.2, 0.25) is 5.02 Å². The molecule has 0 bridgehead atoms. The van der Waals surface area contributed by atoms with E-state index < -0.39 is 17.6 Å². The van der Waals surface area contributed by atoms with Crippen LogP contribution in [0.25, 0.3) is 28.1 Å². The molecule has 1 unspecified atom stereocenters. The highest BCUT2D eigenvalue weighted by Gasteiger charge is 2.39. The minimum atomic E-state index is -1.07. The number of hydrogen-bond acceptors (Lipinski definition) is 8. The van der Waals surface area contributed by atoms with E-state index in [1.165, 1.54) is 16.9 Å². The number of aromatic carboxylic acids is 1. The van der Waals surface area contributed by atoms with Crippen LogP contribution in [-0.2, 0) is 17.8 Å². The van der Waals surface area contributed by atoms with E-state index in [4.69, 9.17) is 26.1 Å². The normalized spacial score (nSPS) is 15.6. The van der Waals surface area contributed by atoms with Gasteiger partial charge in [-0.25, -0.2) is 33.2 Å². The van der Waals surface area contributed by atoms with Crippen molar-refractivity contribution in [2.24, 2.45) is 5.41 Å². The standard InChI is InChI=1S/C34H28ClF2N7O4/c1-34(2)18-47-17-29(34)44-28-11-19(33(45)46)6-7-27(28)40-31(44)12-20-10-25(37)22(13-24(20)36)26-4-3-5-32(41-26)48-16-21-15-38-30(14-23(21)35)43-9-8-39-42-43/h3-11,13-15,29H,12,16-18H2,1-2H3,(H,45,46). The second-order valence-electron chi connectivity index (χ2n) is 12.2. The minimum absolute atomic E-state index is 0.0340. The van der Waals surface area contributed by atoms with Crippen LogP contribution >= 0.6 is 11.6 Å². The summed E-state index contributed by atoms with van der Waals surface area (Å²) < 4.78 is 46.4. The number of carbonyl (C=O) groups is 1. The first kappa shape index (κ1) is 31.3. The lowest BCUT2D eigenvalue weighted by molar-refractivity contribution is 0.0697. The van der Waals surface area contributed by atoms with Crippen molar-refractivity contribution in [3.05, 3.63) is 112 Å². The van der Waals surface area contributed by atoms with E-state index >= 15 is 8.78 Å². The third-order valence-electron chi connectivity index (χ3n) is 8.41. The van der Waals surface area contributed by atoms with Gasteiger partial charge in [0, 0.05) is 41.3 Å². The van der Waals surface area contributed by atoms with Crippen LogP contribution in [0, 0.1) is 17.0 Å². The zero-order valence-corrected chi connectivity index (χ0v) is 26.5. The molecule has 1 atom stereocenters. The van der Waals surface area contributed by atoms with E-state index in [0.29, 0.717) is 46.5 Å². The molecule has 0 spiro atoms. The summed E-state index contributed by atoms with van der Waals surface area (Å²) in [5, 5.41) is 17.7. The van der Waals surface area contributed by atoms with Gasteiger partial charge in [0.25, 0.3) is 0 Å². The summed E-state index contributed by atoms with van der Waals surface area (Å²) >= 11 is 6.42. The number of ether oxygens (including phenoxy) is 2. The summed E-state index contributed by atoms with van der Waals surface area (Å²) in [6, 6.07) is 13.1. The van der Waals surface area contributed by atoms with Crippen molar-refractivity contribution >= 4 is 28.6 Å². The number of rotatable bonds is 9. The number of hydrogen-bond donors (Lipinski definition) is 1. The SMILES string of the molecule is CC1(C)COCC1n1c(Cc2cc(F)c(-c3cccc(OCc4cnc(-n5ccnn5)cc4Cl)n3)cc2F)nc2ccc(C(=O)O)cc21. The number of imidazole rings is 1. The summed E-state index contributed by atoms with van der Waals surface area (Å²) in [7, 11) is 0. The quantitative estimate of drug-likeness (QED) is 0.184. The Hall–Kier alpha value is -5.27. The Morgan fingerprint density at radius 3 is 2.69 bits per heavy atom. The highest BCUT2D eigenvalue weighted by molar-refractivity contribution is 6.31. The van der Waals surface area contributed by atoms with E-state index in [9.17, 15) is 9.90 Å². The smallest absolute Gasteiger partial charge is 0.335 e. The molecule has 0 saturated carbocycles. The number of aromatic nitrogens is 7. The minimum Gasteiger partial charge on any atom is -0.478 e. The van der Waals surface area contributed by atoms with E-state index in [1.54, 1.807) is 48.8 Å². The maximum absolute atomic E-state index is 15.7. The molecular formula is C34H28ClF2N7O4. The molecule has 244 valence electrons. The van der Waals surface area contributed by atoms with Gasteiger partial charge in [-0.2, -0.15) is 0 Å². The first-order valence-corrected chi connectivity index (χ1v) is 15.4. The van der Waals surface area contributed by atoms with Gasteiger partial charge < -0.3 is 19.1 Å². The Morgan fingerprint density at radius 2 is 1.96 bits per heavy atom. The molecule has 1 aliphatic rings. The first-order valence-electron chi connectivity index (χ1n) is 15.0. The van der Waals surface area contributed by atoms with Crippen molar-refractivity contribution in [2.75, 3.05) is 13.2 Å². The van der Waals surface area contributed by atoms with E-state index in [2.05, 4.69) is 20.3 Å². The lowest BCUT2D eigenvalue weighted by Crippen LogP contribution is -2.27. The van der Waals surface area contributed by atoms with Crippen LogP contribution in [0.5, 0.6) is 5.88 Å². The van der Waals surface area contributed by atoms with Crippen LogP contribution in [0.3, 0.4) is 0 Å². The molecule has 4 aromatic heterocycles. The molecule has 1 N–H and O–H groups in total. The highest BCUT2D eigenvalue weighted by Crippen LogP contribution is 2.40. The molecule has 6 aromatic rings. The Balaban J connectivity index is 1.15. The molecule has 7 rings (SSSR count). The van der Waals surface area contributed by atoms with Crippen LogP contribution in [0.4, 0.5) is 8.78 Å². The molecule has 48 heavy (non-hydrogen) atoms. The van der Waals surface area contributed by atoms with Gasteiger partial charge >= 0.3 is 5.97 Å². The third kappa shape index (κ3) is 5.98. The van der Waals surface area contributed by atoms with E-state index in [-0.39, 0.29) is 52.7 Å². The maximum atomic E-state index is 15.7. The van der Waals surface area contributed by atoms with Crippen molar-refractivity contribution in [3.63, 3.8) is 0 Å². The van der Waals surface area contributed by atoms with Crippen molar-refractivity contribution in [1.82, 2.24) is 34.5 Å². The zero-order valence-electron chi connectivity index (χ0n) is 25.8. The van der Waals surface area contributed by atoms with Gasteiger partial charge in [-0.05, 0) is 42.0 Å². The highest BCUT2D eigenvalue weighted by atomic mass is 35.5. The van der Waals surface area contributed by atoms with E-state index in [1.807, 2.05) is 18.4 Å². The molecular weight excluding hydrogens is 644 g/mol. The molecule has 1 saturated heterocycles. The topological polar surface area (TPSA) is 130 Å². The fraction of sp³-hybridized carbons (Fsp3) is 0.235. The third-order valence-corrected chi connectivity index (χ3v) is 8.76. The molecule has 1 fully saturated rings. The van der Waals surface area contributed by atoms with Gasteiger partial charge in [0.15, 0.2) is 5.82 Å². The molecule has 0 radical (unpaired) electrons. The number of fused-ring (bicyclic) bond motifs is 1. The fourth-order valence-electron chi connectivity index (χ4n) is 5.83. The molecule has 5 heterocycles. The Bertz CT molecular complexity index is 2170. The summed E-state index contributed by atoms with van der Waals surface area (Å²) in [6.07, 6.45) is 4.68. The fourth-order valence-corrected chi connectivity index (χ4v) is 6.03. The number of nitrogens with zero attached hydrogens (tertiary/aromatic N) is 7. The number of halogens is 3. The Kier molecular flexibility index (Phi) is 8.09. The van der Waals surface area contributed by atoms with Crippen LogP contribution < -0.4 is 4.74 Å². The number of carboxylic acid groups (broad SMARTS) is 1. The second-order valence-corrected chi connectivity index (χ2v) is 12.6. The lowest BCUT2D eigenvalue weighted by Gasteiger charge is -2.28. The number of benzene rings is 2. The average molecular weight is 672 g/mol. The molecule has 2 aromatic carbocycles. The number of carboxylic acids is 1. The van der Waals surface area contributed by atoms with Crippen molar-refractivity contribution in [2.45, 2.75) is 32.9 Å². The predicted octanol–water partition coefficient (Wildman–Crippen LogP) is 6.47. The molecule has 1 aliphatic heterocycles. The largest absolute Gasteiger partial charge is 0.478 e. The van der Waals surface area contributed by atoms with Gasteiger partial charge in [0.1, 0.15) is 24.1 Å². The number of pyridine rings is 2. The molecule has 0 aliphatic carbocycles. The van der Waals surface area contributed by atoms with Crippen molar-refractivity contribution in [3.8, 4) is 23.0 Å². The summed E-state index contributed by atoms with van der Waals surface area (Å²) in [4.78, 5) is 25.2. The molecule has 0 amide bonds. The van der Waals surface area contributed by atoms with Crippen molar-refractivity contribution < 1.29 is 28.2 Å². The zero-order chi connectivity index (χ0) is 33.6. The van der Waals surface area contributed by atoms with Gasteiger partial charge in [-0.1, -0.05) is 36.7 Å². The predicted molar refractivity (Wildman–Crippen MR) is 171 cm³/mol. The van der Waals surface area contributed by atoms with Crippen LogP contribution in [-0.4, -0.2) is 58.8 Å². The van der Waals surface area contributed by atoms with Gasteiger partial charge in [-0.3, -0.25) is 0 Å². The van der Waals surface area contributed by atoms with Gasteiger partial charge in [-0.15, -0.1) is 5.10 Å².